The van der Waals surface area contributed by atoms with Crippen LogP contribution in [-0.2, 0) is 21.6 Å². The van der Waals surface area contributed by atoms with Gasteiger partial charge in [0.1, 0.15) is 0 Å². The topological polar surface area (TPSA) is 63.2 Å². The lowest BCUT2D eigenvalue weighted by atomic mass is 9.72. The molecule has 1 aliphatic heterocycles. The average Bonchev–Trinajstić information content (AvgIpc) is 3.01. The zero-order valence-corrected chi connectivity index (χ0v) is 17.2. The van der Waals surface area contributed by atoms with Crippen molar-refractivity contribution in [1.82, 2.24) is 15.6 Å². The fraction of sp³-hybridized carbons (Fsp3) is 0.500. The highest BCUT2D eigenvalue weighted by Gasteiger charge is 2.53. The highest BCUT2D eigenvalue weighted by molar-refractivity contribution is 5.77. The second-order valence-electron chi connectivity index (χ2n) is 8.24. The lowest BCUT2D eigenvalue weighted by molar-refractivity contribution is -0.124. The molecule has 1 fully saturated rings. The van der Waals surface area contributed by atoms with E-state index in [1.807, 2.05) is 18.3 Å². The van der Waals surface area contributed by atoms with Crippen LogP contribution < -0.4 is 10.6 Å². The van der Waals surface area contributed by atoms with Crippen LogP contribution in [0.25, 0.3) is 0 Å². The van der Waals surface area contributed by atoms with Crippen LogP contribution in [-0.4, -0.2) is 30.1 Å². The maximum absolute atomic E-state index is 12.7. The minimum absolute atomic E-state index is 0.0627. The number of carbonyl (C=O) groups is 1. The molecule has 0 unspecified atom stereocenters. The Bertz CT molecular complexity index is 818. The molecule has 2 N–H and O–H groups in total. The predicted molar refractivity (Wildman–Crippen MR) is 113 cm³/mol. The molecule has 2 atom stereocenters. The van der Waals surface area contributed by atoms with E-state index in [4.69, 9.17) is 4.74 Å². The number of piperidine rings is 1. The summed E-state index contributed by atoms with van der Waals surface area (Å²) in [6.07, 6.45) is 8.09. The SMILES string of the molecule is CCCCC(=O)N[C@H]1c2ccccc2C2(CCNCC2)[C@@H]1OCc1cccnc1. The summed E-state index contributed by atoms with van der Waals surface area (Å²) in [5.74, 6) is 0.118. The zero-order valence-electron chi connectivity index (χ0n) is 17.2. The third-order valence-corrected chi connectivity index (χ3v) is 6.40. The number of nitrogens with zero attached hydrogens (tertiary/aromatic N) is 1. The van der Waals surface area contributed by atoms with E-state index in [9.17, 15) is 4.79 Å². The van der Waals surface area contributed by atoms with Crippen LogP contribution >= 0.6 is 0 Å². The minimum atomic E-state index is -0.106. The number of nitrogens with one attached hydrogen (secondary N) is 2. The molecule has 0 bridgehead atoms. The molecule has 29 heavy (non-hydrogen) atoms. The number of amides is 1. The number of ether oxygens (including phenoxy) is 1. The fourth-order valence-electron chi connectivity index (χ4n) is 4.95. The molecule has 1 saturated heterocycles. The van der Waals surface area contributed by atoms with Crippen LogP contribution in [0.5, 0.6) is 0 Å². The molecular weight excluding hydrogens is 362 g/mol. The van der Waals surface area contributed by atoms with Gasteiger partial charge in [0.15, 0.2) is 0 Å². The molecule has 1 aromatic carbocycles. The van der Waals surface area contributed by atoms with E-state index >= 15 is 0 Å². The van der Waals surface area contributed by atoms with Crippen LogP contribution in [0, 0.1) is 0 Å². The van der Waals surface area contributed by atoms with Crippen molar-refractivity contribution in [2.75, 3.05) is 13.1 Å². The third kappa shape index (κ3) is 4.07. The van der Waals surface area contributed by atoms with Crippen LogP contribution in [0.1, 0.15) is 61.8 Å². The Balaban J connectivity index is 1.65. The van der Waals surface area contributed by atoms with Gasteiger partial charge in [-0.2, -0.15) is 0 Å². The van der Waals surface area contributed by atoms with Crippen LogP contribution in [0.15, 0.2) is 48.8 Å². The summed E-state index contributed by atoms with van der Waals surface area (Å²) in [5.41, 5.74) is 3.56. The molecule has 5 heteroatoms. The first-order valence-electron chi connectivity index (χ1n) is 10.8. The Kier molecular flexibility index (Phi) is 6.26. The summed E-state index contributed by atoms with van der Waals surface area (Å²) < 4.78 is 6.60. The fourth-order valence-corrected chi connectivity index (χ4v) is 4.95. The Hall–Kier alpha value is -2.24. The van der Waals surface area contributed by atoms with Gasteiger partial charge in [-0.05, 0) is 55.1 Å². The van der Waals surface area contributed by atoms with Gasteiger partial charge in [-0.1, -0.05) is 43.7 Å². The van der Waals surface area contributed by atoms with Crippen molar-refractivity contribution < 1.29 is 9.53 Å². The van der Waals surface area contributed by atoms with Gasteiger partial charge in [-0.15, -0.1) is 0 Å². The molecule has 1 aliphatic carbocycles. The van der Waals surface area contributed by atoms with E-state index in [1.165, 1.54) is 11.1 Å². The smallest absolute Gasteiger partial charge is 0.220 e. The Labute approximate surface area is 173 Å². The molecule has 4 rings (SSSR count). The first kappa shape index (κ1) is 20.0. The number of fused-ring (bicyclic) bond motifs is 2. The van der Waals surface area contributed by atoms with Gasteiger partial charge >= 0.3 is 0 Å². The molecule has 2 aliphatic rings. The number of benzene rings is 1. The molecule has 1 amide bonds. The van der Waals surface area contributed by atoms with Crippen molar-refractivity contribution >= 4 is 5.91 Å². The maximum atomic E-state index is 12.7. The van der Waals surface area contributed by atoms with Crippen LogP contribution in [0.4, 0.5) is 0 Å². The van der Waals surface area contributed by atoms with E-state index < -0.39 is 0 Å². The lowest BCUT2D eigenvalue weighted by Gasteiger charge is -2.41. The Morgan fingerprint density at radius 3 is 2.83 bits per heavy atom. The van der Waals surface area contributed by atoms with Crippen molar-refractivity contribution in [2.24, 2.45) is 0 Å². The van der Waals surface area contributed by atoms with E-state index in [2.05, 4.69) is 46.8 Å². The van der Waals surface area contributed by atoms with Gasteiger partial charge in [0.25, 0.3) is 0 Å². The quantitative estimate of drug-likeness (QED) is 0.754. The average molecular weight is 394 g/mol. The molecular formula is C24H31N3O2. The Morgan fingerprint density at radius 1 is 1.24 bits per heavy atom. The number of unbranched alkanes of at least 4 members (excludes halogenated alkanes) is 1. The normalized spacial score (nSPS) is 22.4. The van der Waals surface area contributed by atoms with Crippen LogP contribution in [0.2, 0.25) is 0 Å². The van der Waals surface area contributed by atoms with Crippen molar-refractivity contribution in [3.05, 3.63) is 65.5 Å². The van der Waals surface area contributed by atoms with Crippen molar-refractivity contribution in [3.63, 3.8) is 0 Å². The first-order valence-corrected chi connectivity index (χ1v) is 10.8. The van der Waals surface area contributed by atoms with E-state index in [0.29, 0.717) is 13.0 Å². The maximum Gasteiger partial charge on any atom is 0.220 e. The number of hydrogen-bond donors (Lipinski definition) is 2. The summed E-state index contributed by atoms with van der Waals surface area (Å²) in [4.78, 5) is 16.9. The van der Waals surface area contributed by atoms with E-state index in [-0.39, 0.29) is 23.5 Å². The van der Waals surface area contributed by atoms with Gasteiger partial charge in [-0.25, -0.2) is 0 Å². The van der Waals surface area contributed by atoms with Gasteiger partial charge in [0, 0.05) is 24.2 Å². The number of rotatable bonds is 7. The molecule has 0 saturated carbocycles. The summed E-state index contributed by atoms with van der Waals surface area (Å²) in [5, 5.41) is 6.82. The lowest BCUT2D eigenvalue weighted by Crippen LogP contribution is -2.49. The van der Waals surface area contributed by atoms with E-state index in [1.54, 1.807) is 6.20 Å². The predicted octanol–water partition coefficient (Wildman–Crippen LogP) is 3.65. The number of pyridine rings is 1. The molecule has 0 radical (unpaired) electrons. The molecule has 154 valence electrons. The highest BCUT2D eigenvalue weighted by atomic mass is 16.5. The second kappa shape index (κ2) is 9.06. The van der Waals surface area contributed by atoms with Gasteiger partial charge in [0.05, 0.1) is 18.8 Å². The van der Waals surface area contributed by atoms with Gasteiger partial charge in [0.2, 0.25) is 5.91 Å². The molecule has 1 spiro atoms. The standard InChI is InChI=1S/C24H31N3O2/c1-2-3-10-21(28)27-22-19-8-4-5-9-20(19)24(11-14-25-15-12-24)23(22)29-17-18-7-6-13-26-16-18/h4-9,13,16,22-23,25H,2-3,10-12,14-15,17H2,1H3,(H,27,28)/t22-,23+/m0/s1. The third-order valence-electron chi connectivity index (χ3n) is 6.40. The number of hydrogen-bond acceptors (Lipinski definition) is 4. The second-order valence-corrected chi connectivity index (χ2v) is 8.24. The first-order chi connectivity index (χ1) is 14.2. The minimum Gasteiger partial charge on any atom is -0.370 e. The number of aromatic nitrogens is 1. The summed E-state index contributed by atoms with van der Waals surface area (Å²) in [6, 6.07) is 12.5. The largest absolute Gasteiger partial charge is 0.370 e. The summed E-state index contributed by atoms with van der Waals surface area (Å²) in [7, 11) is 0. The van der Waals surface area contributed by atoms with Crippen molar-refractivity contribution in [2.45, 2.75) is 63.2 Å². The zero-order chi connectivity index (χ0) is 20.1. The molecule has 5 nitrogen and oxygen atoms in total. The number of carbonyl (C=O) groups excluding carboxylic acids is 1. The van der Waals surface area contributed by atoms with Gasteiger partial charge in [-0.3, -0.25) is 9.78 Å². The summed E-state index contributed by atoms with van der Waals surface area (Å²) in [6.45, 7) is 4.56. The summed E-state index contributed by atoms with van der Waals surface area (Å²) >= 11 is 0. The van der Waals surface area contributed by atoms with Crippen molar-refractivity contribution in [1.29, 1.82) is 0 Å². The molecule has 1 aromatic heterocycles. The van der Waals surface area contributed by atoms with Crippen molar-refractivity contribution in [3.8, 4) is 0 Å². The Morgan fingerprint density at radius 2 is 2.07 bits per heavy atom. The molecule has 2 aromatic rings. The monoisotopic (exact) mass is 393 g/mol. The highest BCUT2D eigenvalue weighted by Crippen LogP contribution is 2.51. The van der Waals surface area contributed by atoms with Gasteiger partial charge < -0.3 is 15.4 Å². The van der Waals surface area contributed by atoms with Crippen LogP contribution in [0.3, 0.4) is 0 Å². The molecule has 2 heterocycles. The van der Waals surface area contributed by atoms with E-state index in [0.717, 1.165) is 44.3 Å².